The van der Waals surface area contributed by atoms with Gasteiger partial charge in [0.15, 0.2) is 5.78 Å². The molecule has 0 aliphatic carbocycles. The summed E-state index contributed by atoms with van der Waals surface area (Å²) in [4.78, 5) is 53.1. The number of phenols is 1. The Labute approximate surface area is 209 Å². The molecule has 0 bridgehead atoms. The number of phenolic OH excluding ortho intramolecular Hbond substituents is 1. The number of carbonyl (C=O) groups is 4. The van der Waals surface area contributed by atoms with Crippen molar-refractivity contribution in [3.8, 4) is 5.75 Å². The zero-order valence-electron chi connectivity index (χ0n) is 20.3. The molecule has 7 nitrogen and oxygen atoms in total. The summed E-state index contributed by atoms with van der Waals surface area (Å²) >= 11 is 0. The van der Waals surface area contributed by atoms with Crippen LogP contribution in [0.2, 0.25) is 0 Å². The van der Waals surface area contributed by atoms with E-state index in [9.17, 15) is 24.3 Å². The lowest BCUT2D eigenvalue weighted by atomic mass is 9.84. The van der Waals surface area contributed by atoms with Gasteiger partial charge in [-0.3, -0.25) is 14.4 Å². The van der Waals surface area contributed by atoms with Crippen molar-refractivity contribution in [1.82, 2.24) is 0 Å². The number of para-hydroxylation sites is 2. The van der Waals surface area contributed by atoms with Crippen molar-refractivity contribution in [3.63, 3.8) is 0 Å². The van der Waals surface area contributed by atoms with E-state index in [1.165, 1.54) is 30.3 Å². The molecule has 7 heteroatoms. The summed E-state index contributed by atoms with van der Waals surface area (Å²) in [7, 11) is 0. The molecule has 4 rings (SSSR count). The number of amides is 1. The highest BCUT2D eigenvalue weighted by atomic mass is 16.5. The molecule has 1 aliphatic heterocycles. The molecule has 1 amide bonds. The van der Waals surface area contributed by atoms with Crippen molar-refractivity contribution in [2.45, 2.75) is 39.2 Å². The summed E-state index contributed by atoms with van der Waals surface area (Å²) in [5, 5.41) is 13.0. The Morgan fingerprint density at radius 2 is 1.67 bits per heavy atom. The Bertz CT molecular complexity index is 1360. The van der Waals surface area contributed by atoms with Gasteiger partial charge in [-0.1, -0.05) is 69.3 Å². The Morgan fingerprint density at radius 1 is 0.972 bits per heavy atom. The molecular formula is C29H27NO6. The second-order valence-corrected chi connectivity index (χ2v) is 8.98. The smallest absolute Gasteiger partial charge is 0.339 e. The van der Waals surface area contributed by atoms with Gasteiger partial charge in [0.25, 0.3) is 5.91 Å². The van der Waals surface area contributed by atoms with Crippen molar-refractivity contribution in [2.75, 3.05) is 5.32 Å². The van der Waals surface area contributed by atoms with Crippen LogP contribution in [0.3, 0.4) is 0 Å². The van der Waals surface area contributed by atoms with Crippen LogP contribution in [-0.2, 0) is 20.7 Å². The lowest BCUT2D eigenvalue weighted by Crippen LogP contribution is -2.38. The third-order valence-electron chi connectivity index (χ3n) is 6.41. The molecular weight excluding hydrogens is 458 g/mol. The van der Waals surface area contributed by atoms with Crippen LogP contribution in [-0.4, -0.2) is 28.5 Å². The van der Waals surface area contributed by atoms with Gasteiger partial charge in [-0.25, -0.2) is 4.79 Å². The molecule has 3 aromatic carbocycles. The molecule has 0 aromatic heterocycles. The molecule has 2 atom stereocenters. The van der Waals surface area contributed by atoms with Crippen molar-refractivity contribution in [3.05, 3.63) is 94.5 Å². The number of ketones is 2. The minimum atomic E-state index is -1.68. The molecule has 0 radical (unpaired) electrons. The molecule has 1 aliphatic rings. The summed E-state index contributed by atoms with van der Waals surface area (Å²) in [6.07, 6.45) is -0.678. The molecule has 0 fully saturated rings. The molecule has 1 heterocycles. The monoisotopic (exact) mass is 485 g/mol. The lowest BCUT2D eigenvalue weighted by Gasteiger charge is -2.22. The normalized spacial score (nSPS) is 15.2. The van der Waals surface area contributed by atoms with Crippen LogP contribution in [0.15, 0.2) is 66.7 Å². The van der Waals surface area contributed by atoms with E-state index in [1.54, 1.807) is 18.2 Å². The highest BCUT2D eigenvalue weighted by Crippen LogP contribution is 2.39. The van der Waals surface area contributed by atoms with E-state index in [0.29, 0.717) is 17.7 Å². The average Bonchev–Trinajstić information content (AvgIpc) is 3.20. The standard InChI is InChI=1S/C29H27NO6/c1-4-17-10-9-14-18(16(2)3)24(17)30-28(34)26(33)23(25(32)21-13-7-8-15-22(21)31)27-19-11-5-6-12-20(19)29(35)36-27/h5-16,23,27,31H,4H2,1-3H3,(H,30,34)/t23-,27+/m0/s1. The number of benzene rings is 3. The van der Waals surface area contributed by atoms with Crippen LogP contribution in [0.5, 0.6) is 5.75 Å². The molecule has 0 saturated carbocycles. The van der Waals surface area contributed by atoms with E-state index in [1.807, 2.05) is 39.0 Å². The fourth-order valence-electron chi connectivity index (χ4n) is 4.53. The molecule has 3 aromatic rings. The largest absolute Gasteiger partial charge is 0.507 e. The second kappa shape index (κ2) is 10.2. The van der Waals surface area contributed by atoms with Crippen LogP contribution in [0.1, 0.15) is 70.2 Å². The van der Waals surface area contributed by atoms with E-state index in [4.69, 9.17) is 4.74 Å². The quantitative estimate of drug-likeness (QED) is 0.201. The number of esters is 1. The first-order chi connectivity index (χ1) is 17.2. The number of Topliss-reactive ketones (excluding diaryl/α,β-unsaturated/α-hetero) is 2. The summed E-state index contributed by atoms with van der Waals surface area (Å²) in [5.74, 6) is -5.49. The summed E-state index contributed by atoms with van der Waals surface area (Å²) in [5.41, 5.74) is 2.67. The van der Waals surface area contributed by atoms with E-state index in [2.05, 4.69) is 5.32 Å². The predicted molar refractivity (Wildman–Crippen MR) is 134 cm³/mol. The maximum Gasteiger partial charge on any atom is 0.339 e. The number of anilines is 1. The molecule has 0 unspecified atom stereocenters. The summed E-state index contributed by atoms with van der Waals surface area (Å²) in [6, 6.07) is 17.8. The third kappa shape index (κ3) is 4.52. The highest BCUT2D eigenvalue weighted by Gasteiger charge is 2.46. The summed E-state index contributed by atoms with van der Waals surface area (Å²) in [6.45, 7) is 5.90. The number of fused-ring (bicyclic) bond motifs is 1. The Kier molecular flexibility index (Phi) is 7.01. The van der Waals surface area contributed by atoms with Gasteiger partial charge in [-0.05, 0) is 41.7 Å². The Hall–Kier alpha value is -4.26. The van der Waals surface area contributed by atoms with E-state index in [-0.39, 0.29) is 22.8 Å². The third-order valence-corrected chi connectivity index (χ3v) is 6.41. The first-order valence-electron chi connectivity index (χ1n) is 11.8. The minimum absolute atomic E-state index is 0.0725. The molecule has 184 valence electrons. The van der Waals surface area contributed by atoms with Gasteiger partial charge in [0, 0.05) is 11.3 Å². The zero-order chi connectivity index (χ0) is 26.0. The van der Waals surface area contributed by atoms with Gasteiger partial charge in [0.05, 0.1) is 11.1 Å². The topological polar surface area (TPSA) is 110 Å². The van der Waals surface area contributed by atoms with Crippen LogP contribution < -0.4 is 5.32 Å². The SMILES string of the molecule is CCc1cccc(C(C)C)c1NC(=O)C(=O)[C@H](C(=O)c1ccccc1O)[C@@H]1OC(=O)c2ccccc21. The molecule has 36 heavy (non-hydrogen) atoms. The van der Waals surface area contributed by atoms with Crippen molar-refractivity contribution in [2.24, 2.45) is 5.92 Å². The van der Waals surface area contributed by atoms with Gasteiger partial charge >= 0.3 is 5.97 Å². The first-order valence-corrected chi connectivity index (χ1v) is 11.8. The van der Waals surface area contributed by atoms with Crippen molar-refractivity contribution >= 4 is 29.1 Å². The highest BCUT2D eigenvalue weighted by molar-refractivity contribution is 6.45. The van der Waals surface area contributed by atoms with Gasteiger partial charge in [0.1, 0.15) is 17.8 Å². The number of hydrogen-bond acceptors (Lipinski definition) is 6. The first kappa shape index (κ1) is 24.9. The molecule has 2 N–H and O–H groups in total. The van der Waals surface area contributed by atoms with Crippen LogP contribution in [0.25, 0.3) is 0 Å². The number of cyclic esters (lactones) is 1. The van der Waals surface area contributed by atoms with Crippen molar-refractivity contribution in [1.29, 1.82) is 0 Å². The predicted octanol–water partition coefficient (Wildman–Crippen LogP) is 5.00. The van der Waals surface area contributed by atoms with Crippen molar-refractivity contribution < 1.29 is 29.0 Å². The number of carbonyl (C=O) groups excluding carboxylic acids is 4. The van der Waals surface area contributed by atoms with Gasteiger partial charge in [0.2, 0.25) is 5.78 Å². The maximum atomic E-state index is 13.7. The zero-order valence-corrected chi connectivity index (χ0v) is 20.3. The van der Waals surface area contributed by atoms with Crippen LogP contribution >= 0.6 is 0 Å². The Morgan fingerprint density at radius 3 is 2.36 bits per heavy atom. The number of aryl methyl sites for hydroxylation is 1. The molecule has 0 spiro atoms. The Balaban J connectivity index is 1.76. The summed E-state index contributed by atoms with van der Waals surface area (Å²) < 4.78 is 5.46. The van der Waals surface area contributed by atoms with Gasteiger partial charge in [-0.2, -0.15) is 0 Å². The van der Waals surface area contributed by atoms with Crippen LogP contribution in [0, 0.1) is 5.92 Å². The van der Waals surface area contributed by atoms with Gasteiger partial charge < -0.3 is 15.2 Å². The van der Waals surface area contributed by atoms with E-state index in [0.717, 1.165) is 11.1 Å². The number of ether oxygens (including phenoxy) is 1. The lowest BCUT2D eigenvalue weighted by molar-refractivity contribution is -0.138. The minimum Gasteiger partial charge on any atom is -0.507 e. The average molecular weight is 486 g/mol. The number of hydrogen-bond donors (Lipinski definition) is 2. The van der Waals surface area contributed by atoms with Crippen LogP contribution in [0.4, 0.5) is 5.69 Å². The molecule has 0 saturated heterocycles. The maximum absolute atomic E-state index is 13.7. The fourth-order valence-corrected chi connectivity index (χ4v) is 4.53. The second-order valence-electron chi connectivity index (χ2n) is 8.98. The van der Waals surface area contributed by atoms with E-state index >= 15 is 0 Å². The number of aromatic hydroxyl groups is 1. The number of rotatable bonds is 8. The fraction of sp³-hybridized carbons (Fsp3) is 0.241. The van der Waals surface area contributed by atoms with Gasteiger partial charge in [-0.15, -0.1) is 0 Å². The van der Waals surface area contributed by atoms with E-state index < -0.39 is 35.5 Å². The number of nitrogens with one attached hydrogen (secondary N) is 1.